The van der Waals surface area contributed by atoms with Gasteiger partial charge in [0, 0.05) is 25.2 Å². The Kier molecular flexibility index (Phi) is 5.80. The van der Waals surface area contributed by atoms with Gasteiger partial charge in [-0.3, -0.25) is 4.79 Å². The van der Waals surface area contributed by atoms with Gasteiger partial charge < -0.3 is 10.6 Å². The van der Waals surface area contributed by atoms with E-state index in [0.717, 1.165) is 18.5 Å². The van der Waals surface area contributed by atoms with E-state index in [1.165, 1.54) is 43.2 Å². The molecule has 21 heavy (non-hydrogen) atoms. The summed E-state index contributed by atoms with van der Waals surface area (Å²) in [7, 11) is 1.85. The minimum absolute atomic E-state index is 0.125. The third-order valence-electron chi connectivity index (χ3n) is 4.49. The quantitative estimate of drug-likeness (QED) is 0.772. The van der Waals surface area contributed by atoms with E-state index in [1.807, 2.05) is 7.05 Å². The van der Waals surface area contributed by atoms with Crippen molar-refractivity contribution in [3.05, 3.63) is 29.3 Å². The van der Waals surface area contributed by atoms with Gasteiger partial charge >= 0.3 is 0 Å². The molecular formula is C18H28N2O. The van der Waals surface area contributed by atoms with Crippen molar-refractivity contribution in [2.24, 2.45) is 5.73 Å². The Hall–Kier alpha value is -1.35. The van der Waals surface area contributed by atoms with Crippen molar-refractivity contribution in [1.29, 1.82) is 0 Å². The Bertz CT molecular complexity index is 484. The molecule has 116 valence electrons. The van der Waals surface area contributed by atoms with Crippen molar-refractivity contribution < 1.29 is 4.79 Å². The number of carbonyl (C=O) groups is 1. The summed E-state index contributed by atoms with van der Waals surface area (Å²) in [6.45, 7) is 2.24. The van der Waals surface area contributed by atoms with Crippen LogP contribution in [-0.2, 0) is 11.2 Å². The first-order valence-corrected chi connectivity index (χ1v) is 8.28. The van der Waals surface area contributed by atoms with Gasteiger partial charge in [-0.05, 0) is 30.0 Å². The van der Waals surface area contributed by atoms with Crippen molar-refractivity contribution in [1.82, 2.24) is 0 Å². The van der Waals surface area contributed by atoms with Gasteiger partial charge in [-0.1, -0.05) is 51.2 Å². The number of nitrogens with zero attached hydrogens (tertiary/aromatic N) is 1. The van der Waals surface area contributed by atoms with E-state index >= 15 is 0 Å². The Balaban J connectivity index is 1.93. The van der Waals surface area contributed by atoms with Crippen LogP contribution in [0.3, 0.4) is 0 Å². The van der Waals surface area contributed by atoms with Crippen LogP contribution >= 0.6 is 0 Å². The predicted octanol–water partition coefficient (Wildman–Crippen LogP) is 3.96. The van der Waals surface area contributed by atoms with Crippen molar-refractivity contribution in [3.8, 4) is 0 Å². The molecule has 0 bridgehead atoms. The Morgan fingerprint density at radius 1 is 1.19 bits per heavy atom. The van der Waals surface area contributed by atoms with Crippen LogP contribution in [0.25, 0.3) is 0 Å². The van der Waals surface area contributed by atoms with Crippen LogP contribution in [0.4, 0.5) is 5.69 Å². The molecule has 3 heteroatoms. The van der Waals surface area contributed by atoms with E-state index < -0.39 is 0 Å². The van der Waals surface area contributed by atoms with Crippen LogP contribution in [0.5, 0.6) is 0 Å². The number of unbranched alkanes of at least 4 members (excludes halogenated alkanes) is 4. The summed E-state index contributed by atoms with van der Waals surface area (Å²) in [6.07, 6.45) is 8.92. The molecule has 1 aromatic rings. The molecule has 1 aliphatic rings. The van der Waals surface area contributed by atoms with Gasteiger partial charge in [0.1, 0.15) is 0 Å². The molecule has 0 radical (unpaired) electrons. The standard InChI is InChI=1S/C18H28N2O/c1-3-4-5-6-7-8-16(19)14-9-11-17-15(13-14)10-12-18(21)20(17)2/h9,11,13,16H,3-8,10,12,19H2,1-2H3. The highest BCUT2D eigenvalue weighted by atomic mass is 16.2. The molecule has 1 heterocycles. The number of fused-ring (bicyclic) bond motifs is 1. The second-order valence-corrected chi connectivity index (χ2v) is 6.15. The normalized spacial score (nSPS) is 16.0. The lowest BCUT2D eigenvalue weighted by molar-refractivity contribution is -0.118. The Morgan fingerprint density at radius 2 is 1.95 bits per heavy atom. The van der Waals surface area contributed by atoms with Crippen molar-refractivity contribution >= 4 is 11.6 Å². The minimum Gasteiger partial charge on any atom is -0.324 e. The Morgan fingerprint density at radius 3 is 2.71 bits per heavy atom. The molecule has 0 saturated heterocycles. The van der Waals surface area contributed by atoms with Crippen molar-refractivity contribution in [3.63, 3.8) is 0 Å². The average Bonchev–Trinajstić information content (AvgIpc) is 2.50. The Labute approximate surface area is 128 Å². The van der Waals surface area contributed by atoms with Crippen molar-refractivity contribution in [2.75, 3.05) is 11.9 Å². The average molecular weight is 288 g/mol. The summed E-state index contributed by atoms with van der Waals surface area (Å²) in [5.41, 5.74) is 9.85. The summed E-state index contributed by atoms with van der Waals surface area (Å²) in [5, 5.41) is 0. The van der Waals surface area contributed by atoms with E-state index in [4.69, 9.17) is 5.73 Å². The summed E-state index contributed by atoms with van der Waals surface area (Å²) < 4.78 is 0. The molecule has 1 atom stereocenters. The first-order valence-electron chi connectivity index (χ1n) is 8.28. The molecule has 0 aromatic heterocycles. The van der Waals surface area contributed by atoms with E-state index in [-0.39, 0.29) is 11.9 Å². The zero-order valence-electron chi connectivity index (χ0n) is 13.4. The second kappa shape index (κ2) is 7.60. The van der Waals surface area contributed by atoms with Crippen LogP contribution < -0.4 is 10.6 Å². The molecule has 0 spiro atoms. The third-order valence-corrected chi connectivity index (χ3v) is 4.49. The molecule has 2 rings (SSSR count). The van der Waals surface area contributed by atoms with Crippen molar-refractivity contribution in [2.45, 2.75) is 64.3 Å². The van der Waals surface area contributed by atoms with E-state index in [1.54, 1.807) is 4.90 Å². The van der Waals surface area contributed by atoms with Crippen LogP contribution in [0.2, 0.25) is 0 Å². The molecule has 1 aromatic carbocycles. The predicted molar refractivity (Wildman–Crippen MR) is 88.5 cm³/mol. The maximum atomic E-state index is 11.7. The van der Waals surface area contributed by atoms with Gasteiger partial charge in [-0.25, -0.2) is 0 Å². The number of aryl methyl sites for hydroxylation is 1. The summed E-state index contributed by atoms with van der Waals surface area (Å²) in [5.74, 6) is 0.204. The molecular weight excluding hydrogens is 260 g/mol. The van der Waals surface area contributed by atoms with Gasteiger partial charge in [0.05, 0.1) is 0 Å². The van der Waals surface area contributed by atoms with Crippen LogP contribution in [0.15, 0.2) is 18.2 Å². The zero-order chi connectivity index (χ0) is 15.2. The number of rotatable bonds is 7. The lowest BCUT2D eigenvalue weighted by Crippen LogP contribution is -2.31. The molecule has 0 saturated carbocycles. The lowest BCUT2D eigenvalue weighted by Gasteiger charge is -2.27. The zero-order valence-corrected chi connectivity index (χ0v) is 13.4. The minimum atomic E-state index is 0.125. The molecule has 1 unspecified atom stereocenters. The maximum absolute atomic E-state index is 11.7. The van der Waals surface area contributed by atoms with Crippen LogP contribution in [-0.4, -0.2) is 13.0 Å². The number of benzene rings is 1. The fourth-order valence-electron chi connectivity index (χ4n) is 3.04. The number of amides is 1. The first-order chi connectivity index (χ1) is 10.1. The molecule has 0 aliphatic carbocycles. The van der Waals surface area contributed by atoms with Gasteiger partial charge in [0.15, 0.2) is 0 Å². The number of anilines is 1. The SMILES string of the molecule is CCCCCCCC(N)c1ccc2c(c1)CCC(=O)N2C. The molecule has 0 fully saturated rings. The monoisotopic (exact) mass is 288 g/mol. The van der Waals surface area contributed by atoms with E-state index in [9.17, 15) is 4.79 Å². The molecule has 1 aliphatic heterocycles. The largest absolute Gasteiger partial charge is 0.324 e. The smallest absolute Gasteiger partial charge is 0.227 e. The van der Waals surface area contributed by atoms with E-state index in [2.05, 4.69) is 25.1 Å². The molecule has 2 N–H and O–H groups in total. The van der Waals surface area contributed by atoms with E-state index in [0.29, 0.717) is 6.42 Å². The van der Waals surface area contributed by atoms with Gasteiger partial charge in [-0.2, -0.15) is 0 Å². The second-order valence-electron chi connectivity index (χ2n) is 6.15. The maximum Gasteiger partial charge on any atom is 0.227 e. The highest BCUT2D eigenvalue weighted by molar-refractivity contribution is 5.95. The topological polar surface area (TPSA) is 46.3 Å². The first kappa shape index (κ1) is 16.0. The van der Waals surface area contributed by atoms with Gasteiger partial charge in [-0.15, -0.1) is 0 Å². The summed E-state index contributed by atoms with van der Waals surface area (Å²) >= 11 is 0. The number of hydrogen-bond acceptors (Lipinski definition) is 2. The van der Waals surface area contributed by atoms with Crippen LogP contribution in [0, 0.1) is 0 Å². The highest BCUT2D eigenvalue weighted by Gasteiger charge is 2.21. The number of hydrogen-bond donors (Lipinski definition) is 1. The highest BCUT2D eigenvalue weighted by Crippen LogP contribution is 2.30. The number of nitrogens with two attached hydrogens (primary N) is 1. The van der Waals surface area contributed by atoms with Gasteiger partial charge in [0.25, 0.3) is 0 Å². The fraction of sp³-hybridized carbons (Fsp3) is 0.611. The summed E-state index contributed by atoms with van der Waals surface area (Å²) in [6, 6.07) is 6.47. The van der Waals surface area contributed by atoms with Gasteiger partial charge in [0.2, 0.25) is 5.91 Å². The molecule has 1 amide bonds. The lowest BCUT2D eigenvalue weighted by atomic mass is 9.94. The van der Waals surface area contributed by atoms with Crippen LogP contribution in [0.1, 0.15) is 69.0 Å². The summed E-state index contributed by atoms with van der Waals surface area (Å²) in [4.78, 5) is 13.5. The third kappa shape index (κ3) is 4.07. The fourth-order valence-corrected chi connectivity index (χ4v) is 3.04. The number of carbonyl (C=O) groups excluding carboxylic acids is 1. The molecule has 3 nitrogen and oxygen atoms in total.